The number of carbonyl (C=O) groups is 1. The van der Waals surface area contributed by atoms with Gasteiger partial charge in [0.05, 0.1) is 6.42 Å². The largest absolute Gasteiger partial charge is 0.504 e. The van der Waals surface area contributed by atoms with Gasteiger partial charge in [-0.05, 0) is 41.5 Å². The molecule has 1 aliphatic rings. The van der Waals surface area contributed by atoms with Gasteiger partial charge in [0.2, 0.25) is 5.91 Å². The third kappa shape index (κ3) is 4.02. The minimum atomic E-state index is -0.603. The van der Waals surface area contributed by atoms with Gasteiger partial charge in [-0.25, -0.2) is 4.79 Å². The Hall–Kier alpha value is -3.32. The molecular weight excluding hydrogens is 384 g/mol. The summed E-state index contributed by atoms with van der Waals surface area (Å²) in [6.07, 6.45) is 1.76. The molecule has 0 aliphatic carbocycles. The second kappa shape index (κ2) is 8.20. The van der Waals surface area contributed by atoms with Crippen molar-refractivity contribution in [2.45, 2.75) is 31.7 Å². The molecule has 7 heteroatoms. The maximum atomic E-state index is 12.9. The Morgan fingerprint density at radius 2 is 1.83 bits per heavy atom. The average molecular weight is 408 g/mol. The number of aromatic hydroxyl groups is 2. The highest BCUT2D eigenvalue weighted by molar-refractivity contribution is 5.89. The average Bonchev–Trinajstić information content (AvgIpc) is 2.75. The van der Waals surface area contributed by atoms with Gasteiger partial charge in [-0.1, -0.05) is 24.3 Å². The highest BCUT2D eigenvalue weighted by atomic mass is 16.4. The van der Waals surface area contributed by atoms with Crippen LogP contribution in [0.25, 0.3) is 11.0 Å². The van der Waals surface area contributed by atoms with Crippen LogP contribution in [-0.4, -0.2) is 34.1 Å². The number of nitrogens with two attached hydrogens (primary N) is 1. The minimum Gasteiger partial charge on any atom is -0.504 e. The summed E-state index contributed by atoms with van der Waals surface area (Å²) >= 11 is 0. The van der Waals surface area contributed by atoms with Gasteiger partial charge >= 0.3 is 5.63 Å². The van der Waals surface area contributed by atoms with E-state index in [1.54, 1.807) is 0 Å². The van der Waals surface area contributed by atoms with Crippen molar-refractivity contribution < 1.29 is 19.4 Å². The van der Waals surface area contributed by atoms with Crippen LogP contribution in [0, 0.1) is 0 Å². The number of amides is 1. The van der Waals surface area contributed by atoms with E-state index in [0.29, 0.717) is 36.5 Å². The standard InChI is InChI=1S/C23H24N2O5/c24-13-14-2-1-3-16(8-14)15-4-6-25(7-5-15)22(28)9-17-10-23(29)30-21-12-20(27)19(26)11-18(17)21/h1-3,8,10-12,15,26-27H,4-7,9,13,24H2. The molecule has 0 bridgehead atoms. The molecule has 0 saturated carbocycles. The number of hydrogen-bond acceptors (Lipinski definition) is 6. The van der Waals surface area contributed by atoms with Gasteiger partial charge in [0.15, 0.2) is 11.5 Å². The molecule has 1 aromatic heterocycles. The van der Waals surface area contributed by atoms with Crippen LogP contribution in [0.4, 0.5) is 0 Å². The predicted octanol–water partition coefficient (Wildman–Crippen LogP) is 2.61. The Balaban J connectivity index is 1.48. The van der Waals surface area contributed by atoms with Crippen molar-refractivity contribution in [1.82, 2.24) is 4.90 Å². The first-order valence-corrected chi connectivity index (χ1v) is 10.00. The van der Waals surface area contributed by atoms with E-state index >= 15 is 0 Å². The van der Waals surface area contributed by atoms with E-state index in [4.69, 9.17) is 10.2 Å². The highest BCUT2D eigenvalue weighted by Gasteiger charge is 2.25. The number of fused-ring (bicyclic) bond motifs is 1. The van der Waals surface area contributed by atoms with Gasteiger partial charge in [-0.15, -0.1) is 0 Å². The molecule has 30 heavy (non-hydrogen) atoms. The summed E-state index contributed by atoms with van der Waals surface area (Å²) in [4.78, 5) is 26.6. The van der Waals surface area contributed by atoms with E-state index in [9.17, 15) is 19.8 Å². The Morgan fingerprint density at radius 1 is 1.10 bits per heavy atom. The number of phenols is 2. The van der Waals surface area contributed by atoms with Crippen molar-refractivity contribution in [3.63, 3.8) is 0 Å². The van der Waals surface area contributed by atoms with Crippen molar-refractivity contribution in [2.24, 2.45) is 5.73 Å². The summed E-state index contributed by atoms with van der Waals surface area (Å²) < 4.78 is 5.09. The van der Waals surface area contributed by atoms with Crippen LogP contribution >= 0.6 is 0 Å². The fourth-order valence-electron chi connectivity index (χ4n) is 4.11. The molecule has 0 atom stereocenters. The molecule has 0 spiro atoms. The van der Waals surface area contributed by atoms with Gasteiger partial charge in [0, 0.05) is 37.2 Å². The number of benzene rings is 2. The first-order valence-electron chi connectivity index (χ1n) is 10.00. The normalized spacial score (nSPS) is 14.9. The van der Waals surface area contributed by atoms with Crippen molar-refractivity contribution in [3.05, 3.63) is 69.6 Å². The molecule has 1 fully saturated rings. The minimum absolute atomic E-state index is 0.0274. The lowest BCUT2D eigenvalue weighted by Crippen LogP contribution is -2.38. The molecule has 0 unspecified atom stereocenters. The first-order chi connectivity index (χ1) is 14.4. The Bertz CT molecular complexity index is 1150. The predicted molar refractivity (Wildman–Crippen MR) is 112 cm³/mol. The molecule has 4 N–H and O–H groups in total. The van der Waals surface area contributed by atoms with E-state index in [1.165, 1.54) is 23.8 Å². The quantitative estimate of drug-likeness (QED) is 0.451. The number of likely N-dealkylation sites (tertiary alicyclic amines) is 1. The molecule has 1 aliphatic heterocycles. The van der Waals surface area contributed by atoms with Gasteiger partial charge in [0.25, 0.3) is 0 Å². The van der Waals surface area contributed by atoms with Gasteiger partial charge < -0.3 is 25.3 Å². The molecule has 1 saturated heterocycles. The van der Waals surface area contributed by atoms with Crippen molar-refractivity contribution in [1.29, 1.82) is 0 Å². The topological polar surface area (TPSA) is 117 Å². The molecular formula is C23H24N2O5. The lowest BCUT2D eigenvalue weighted by atomic mass is 9.88. The number of piperidine rings is 1. The molecule has 2 heterocycles. The second-order valence-corrected chi connectivity index (χ2v) is 7.71. The summed E-state index contributed by atoms with van der Waals surface area (Å²) in [7, 11) is 0. The van der Waals surface area contributed by atoms with Gasteiger partial charge in [0.1, 0.15) is 5.58 Å². The number of nitrogens with zero attached hydrogens (tertiary/aromatic N) is 1. The lowest BCUT2D eigenvalue weighted by Gasteiger charge is -2.32. The van der Waals surface area contributed by atoms with E-state index in [1.807, 2.05) is 17.0 Å². The fourth-order valence-corrected chi connectivity index (χ4v) is 4.11. The molecule has 0 radical (unpaired) electrons. The zero-order chi connectivity index (χ0) is 21.3. The van der Waals surface area contributed by atoms with E-state index in [2.05, 4.69) is 12.1 Å². The van der Waals surface area contributed by atoms with Crippen LogP contribution in [0.1, 0.15) is 35.4 Å². The molecule has 7 nitrogen and oxygen atoms in total. The SMILES string of the molecule is NCc1cccc(C2CCN(C(=O)Cc3cc(=O)oc4cc(O)c(O)cc34)CC2)c1. The zero-order valence-electron chi connectivity index (χ0n) is 16.5. The summed E-state index contributed by atoms with van der Waals surface area (Å²) in [5, 5.41) is 19.9. The lowest BCUT2D eigenvalue weighted by molar-refractivity contribution is -0.131. The summed E-state index contributed by atoms with van der Waals surface area (Å²) in [6.45, 7) is 1.79. The first kappa shape index (κ1) is 20.0. The van der Waals surface area contributed by atoms with Crippen LogP contribution in [-0.2, 0) is 17.8 Å². The van der Waals surface area contributed by atoms with Crippen LogP contribution < -0.4 is 11.4 Å². The summed E-state index contributed by atoms with van der Waals surface area (Å²) in [5.41, 5.74) is 8.11. The van der Waals surface area contributed by atoms with Crippen LogP contribution in [0.2, 0.25) is 0 Å². The maximum Gasteiger partial charge on any atom is 0.336 e. The van der Waals surface area contributed by atoms with E-state index in [-0.39, 0.29) is 29.4 Å². The third-order valence-corrected chi connectivity index (χ3v) is 5.77. The molecule has 1 amide bonds. The fraction of sp³-hybridized carbons (Fsp3) is 0.304. The van der Waals surface area contributed by atoms with Crippen LogP contribution in [0.15, 0.2) is 51.7 Å². The Kier molecular flexibility index (Phi) is 5.46. The Morgan fingerprint density at radius 3 is 2.57 bits per heavy atom. The number of phenolic OH excluding ortho intramolecular Hbond substituents is 2. The van der Waals surface area contributed by atoms with Crippen molar-refractivity contribution in [2.75, 3.05) is 13.1 Å². The molecule has 4 rings (SSSR count). The van der Waals surface area contributed by atoms with E-state index in [0.717, 1.165) is 18.4 Å². The third-order valence-electron chi connectivity index (χ3n) is 5.77. The van der Waals surface area contributed by atoms with Gasteiger partial charge in [-0.2, -0.15) is 0 Å². The Labute approximate surface area is 173 Å². The second-order valence-electron chi connectivity index (χ2n) is 7.71. The maximum absolute atomic E-state index is 12.9. The highest BCUT2D eigenvalue weighted by Crippen LogP contribution is 2.32. The number of hydrogen-bond donors (Lipinski definition) is 3. The van der Waals surface area contributed by atoms with Crippen molar-refractivity contribution >= 4 is 16.9 Å². The van der Waals surface area contributed by atoms with Gasteiger partial charge in [-0.3, -0.25) is 4.79 Å². The number of carbonyl (C=O) groups excluding carboxylic acids is 1. The number of rotatable bonds is 4. The summed E-state index contributed by atoms with van der Waals surface area (Å²) in [5.74, 6) is -0.394. The van der Waals surface area contributed by atoms with E-state index < -0.39 is 5.63 Å². The zero-order valence-corrected chi connectivity index (χ0v) is 16.5. The van der Waals surface area contributed by atoms with Crippen LogP contribution in [0.5, 0.6) is 11.5 Å². The van der Waals surface area contributed by atoms with Crippen molar-refractivity contribution in [3.8, 4) is 11.5 Å². The molecule has 2 aromatic carbocycles. The smallest absolute Gasteiger partial charge is 0.336 e. The molecule has 3 aromatic rings. The monoisotopic (exact) mass is 408 g/mol. The summed E-state index contributed by atoms with van der Waals surface area (Å²) in [6, 6.07) is 12.0. The van der Waals surface area contributed by atoms with Crippen LogP contribution in [0.3, 0.4) is 0 Å². The molecule has 156 valence electrons.